The van der Waals surface area contributed by atoms with Gasteiger partial charge in [0.1, 0.15) is 0 Å². The zero-order chi connectivity index (χ0) is 14.8. The maximum atomic E-state index is 12.6. The van der Waals surface area contributed by atoms with Gasteiger partial charge in [-0.3, -0.25) is 14.5 Å². The van der Waals surface area contributed by atoms with Gasteiger partial charge in [0.05, 0.1) is 12.6 Å². The van der Waals surface area contributed by atoms with Crippen molar-refractivity contribution in [2.45, 2.75) is 31.7 Å². The highest BCUT2D eigenvalue weighted by Crippen LogP contribution is 2.27. The Morgan fingerprint density at radius 1 is 1.19 bits per heavy atom. The van der Waals surface area contributed by atoms with E-state index >= 15 is 0 Å². The molecule has 0 saturated carbocycles. The molecule has 5 heteroatoms. The van der Waals surface area contributed by atoms with Gasteiger partial charge in [-0.15, -0.1) is 0 Å². The Labute approximate surface area is 124 Å². The number of rotatable bonds is 3. The first-order valence-electron chi connectivity index (χ1n) is 7.58. The van der Waals surface area contributed by atoms with Gasteiger partial charge in [0.15, 0.2) is 0 Å². The van der Waals surface area contributed by atoms with Crippen LogP contribution in [0.3, 0.4) is 0 Å². The van der Waals surface area contributed by atoms with Gasteiger partial charge in [-0.1, -0.05) is 18.2 Å². The fourth-order valence-corrected chi connectivity index (χ4v) is 3.39. The second-order valence-electron chi connectivity index (χ2n) is 5.81. The van der Waals surface area contributed by atoms with Crippen LogP contribution in [-0.4, -0.2) is 42.4 Å². The molecule has 1 fully saturated rings. The second kappa shape index (κ2) is 5.85. The van der Waals surface area contributed by atoms with E-state index in [-0.39, 0.29) is 24.4 Å². The van der Waals surface area contributed by atoms with Crippen molar-refractivity contribution in [1.29, 1.82) is 0 Å². The molecule has 0 aliphatic carbocycles. The molecule has 0 radical (unpaired) electrons. The van der Waals surface area contributed by atoms with Gasteiger partial charge in [-0.2, -0.15) is 0 Å². The van der Waals surface area contributed by atoms with E-state index in [1.807, 2.05) is 28.0 Å². The summed E-state index contributed by atoms with van der Waals surface area (Å²) in [6.45, 7) is 1.81. The normalized spacial score (nSPS) is 22.1. The third-order valence-electron chi connectivity index (χ3n) is 4.44. The van der Waals surface area contributed by atoms with Crippen molar-refractivity contribution < 1.29 is 9.59 Å². The smallest absolute Gasteiger partial charge is 0.241 e. The fourth-order valence-electron chi connectivity index (χ4n) is 3.39. The summed E-state index contributed by atoms with van der Waals surface area (Å²) in [4.78, 5) is 27.8. The van der Waals surface area contributed by atoms with Crippen LogP contribution >= 0.6 is 0 Å². The number of anilines is 1. The van der Waals surface area contributed by atoms with Gasteiger partial charge in [0.2, 0.25) is 11.8 Å². The molecule has 1 aromatic rings. The van der Waals surface area contributed by atoms with Crippen molar-refractivity contribution in [3.63, 3.8) is 0 Å². The maximum Gasteiger partial charge on any atom is 0.241 e. The molecular formula is C16H21N3O2. The number of para-hydroxylation sites is 1. The Hall–Kier alpha value is -1.88. The average Bonchev–Trinajstić information content (AvgIpc) is 2.95. The molecular weight excluding hydrogens is 266 g/mol. The van der Waals surface area contributed by atoms with Crippen molar-refractivity contribution >= 4 is 17.5 Å². The van der Waals surface area contributed by atoms with Crippen LogP contribution in [0.15, 0.2) is 24.3 Å². The number of aryl methyl sites for hydroxylation is 1. The molecule has 2 heterocycles. The van der Waals surface area contributed by atoms with E-state index in [1.165, 1.54) is 5.56 Å². The molecule has 0 spiro atoms. The molecule has 2 amide bonds. The number of hydrogen-bond donors (Lipinski definition) is 1. The van der Waals surface area contributed by atoms with E-state index in [4.69, 9.17) is 5.73 Å². The number of likely N-dealkylation sites (tertiary alicyclic amines) is 1. The van der Waals surface area contributed by atoms with Gasteiger partial charge in [0.25, 0.3) is 0 Å². The minimum absolute atomic E-state index is 0.0651. The quantitative estimate of drug-likeness (QED) is 0.899. The van der Waals surface area contributed by atoms with Crippen LogP contribution in [0.25, 0.3) is 0 Å². The molecule has 1 atom stereocenters. The van der Waals surface area contributed by atoms with Crippen LogP contribution in [0.4, 0.5) is 5.69 Å². The highest BCUT2D eigenvalue weighted by molar-refractivity contribution is 5.96. The number of amides is 2. The number of fused-ring (bicyclic) bond motifs is 1. The van der Waals surface area contributed by atoms with Crippen LogP contribution in [0.5, 0.6) is 0 Å². The molecule has 2 aliphatic heterocycles. The Kier molecular flexibility index (Phi) is 3.92. The third kappa shape index (κ3) is 2.78. The first kappa shape index (κ1) is 14.1. The summed E-state index contributed by atoms with van der Waals surface area (Å²) in [5, 5.41) is 0. The largest absolute Gasteiger partial charge is 0.368 e. The summed E-state index contributed by atoms with van der Waals surface area (Å²) < 4.78 is 0. The SMILES string of the molecule is NC(=O)C1CCCN1CC(=O)N1CCCc2ccccc21. The van der Waals surface area contributed by atoms with Gasteiger partial charge in [0, 0.05) is 12.2 Å². The first-order chi connectivity index (χ1) is 10.2. The molecule has 5 nitrogen and oxygen atoms in total. The molecule has 0 aromatic heterocycles. The van der Waals surface area contributed by atoms with Crippen LogP contribution in [-0.2, 0) is 16.0 Å². The number of nitrogens with zero attached hydrogens (tertiary/aromatic N) is 2. The van der Waals surface area contributed by atoms with Crippen LogP contribution in [0, 0.1) is 0 Å². The lowest BCUT2D eigenvalue weighted by atomic mass is 10.0. The van der Waals surface area contributed by atoms with E-state index < -0.39 is 0 Å². The molecule has 3 rings (SSSR count). The van der Waals surface area contributed by atoms with Crippen molar-refractivity contribution in [2.75, 3.05) is 24.5 Å². The summed E-state index contributed by atoms with van der Waals surface area (Å²) in [7, 11) is 0. The summed E-state index contributed by atoms with van der Waals surface area (Å²) in [6.07, 6.45) is 3.70. The Morgan fingerprint density at radius 2 is 2.00 bits per heavy atom. The van der Waals surface area contributed by atoms with Gasteiger partial charge in [-0.05, 0) is 43.9 Å². The first-order valence-corrected chi connectivity index (χ1v) is 7.58. The predicted octanol–water partition coefficient (Wildman–Crippen LogP) is 0.916. The molecule has 0 bridgehead atoms. The summed E-state index contributed by atoms with van der Waals surface area (Å²) in [6, 6.07) is 7.77. The Morgan fingerprint density at radius 3 is 2.81 bits per heavy atom. The standard InChI is InChI=1S/C16H21N3O2/c17-16(21)14-8-4-9-18(14)11-15(20)19-10-3-6-12-5-1-2-7-13(12)19/h1-2,5,7,14H,3-4,6,8-11H2,(H2,17,21). The molecule has 1 saturated heterocycles. The van der Waals surface area contributed by atoms with E-state index in [2.05, 4.69) is 6.07 Å². The number of primary amides is 1. The topological polar surface area (TPSA) is 66.6 Å². The average molecular weight is 287 g/mol. The molecule has 2 N–H and O–H groups in total. The third-order valence-corrected chi connectivity index (χ3v) is 4.44. The van der Waals surface area contributed by atoms with E-state index in [1.54, 1.807) is 0 Å². The lowest BCUT2D eigenvalue weighted by Gasteiger charge is -2.31. The number of nitrogens with two attached hydrogens (primary N) is 1. The summed E-state index contributed by atoms with van der Waals surface area (Å²) >= 11 is 0. The zero-order valence-corrected chi connectivity index (χ0v) is 12.1. The van der Waals surface area contributed by atoms with Crippen LogP contribution in [0.2, 0.25) is 0 Å². The Bertz CT molecular complexity index is 558. The van der Waals surface area contributed by atoms with Gasteiger partial charge < -0.3 is 10.6 Å². The van der Waals surface area contributed by atoms with Crippen molar-refractivity contribution in [3.05, 3.63) is 29.8 Å². The second-order valence-corrected chi connectivity index (χ2v) is 5.81. The fraction of sp³-hybridized carbons (Fsp3) is 0.500. The van der Waals surface area contributed by atoms with Crippen molar-refractivity contribution in [3.8, 4) is 0 Å². The minimum atomic E-state index is -0.320. The predicted molar refractivity (Wildman–Crippen MR) is 80.9 cm³/mol. The number of carbonyl (C=O) groups excluding carboxylic acids is 2. The lowest BCUT2D eigenvalue weighted by molar-refractivity contribution is -0.124. The van der Waals surface area contributed by atoms with Crippen LogP contribution in [0.1, 0.15) is 24.8 Å². The zero-order valence-electron chi connectivity index (χ0n) is 12.1. The molecule has 2 aliphatic rings. The number of carbonyl (C=O) groups is 2. The molecule has 21 heavy (non-hydrogen) atoms. The highest BCUT2D eigenvalue weighted by Gasteiger charge is 2.32. The van der Waals surface area contributed by atoms with E-state index in [0.717, 1.165) is 44.5 Å². The minimum Gasteiger partial charge on any atom is -0.368 e. The molecule has 1 aromatic carbocycles. The highest BCUT2D eigenvalue weighted by atomic mass is 16.2. The van der Waals surface area contributed by atoms with Gasteiger partial charge >= 0.3 is 0 Å². The monoisotopic (exact) mass is 287 g/mol. The molecule has 1 unspecified atom stereocenters. The van der Waals surface area contributed by atoms with E-state index in [0.29, 0.717) is 0 Å². The maximum absolute atomic E-state index is 12.6. The number of hydrogen-bond acceptors (Lipinski definition) is 3. The van der Waals surface area contributed by atoms with Crippen LogP contribution < -0.4 is 10.6 Å². The van der Waals surface area contributed by atoms with E-state index in [9.17, 15) is 9.59 Å². The van der Waals surface area contributed by atoms with Crippen molar-refractivity contribution in [1.82, 2.24) is 4.90 Å². The summed E-state index contributed by atoms with van der Waals surface area (Å²) in [5.74, 6) is -0.255. The van der Waals surface area contributed by atoms with Crippen molar-refractivity contribution in [2.24, 2.45) is 5.73 Å². The molecule has 112 valence electrons. The van der Waals surface area contributed by atoms with Gasteiger partial charge in [-0.25, -0.2) is 0 Å². The lowest BCUT2D eigenvalue weighted by Crippen LogP contribution is -2.47. The Balaban J connectivity index is 1.73. The summed E-state index contributed by atoms with van der Waals surface area (Å²) in [5.41, 5.74) is 7.66. The number of benzene rings is 1.